The van der Waals surface area contributed by atoms with Gasteiger partial charge in [-0.1, -0.05) is 29.3 Å². The lowest BCUT2D eigenvalue weighted by Crippen LogP contribution is -2.50. The first kappa shape index (κ1) is 25.0. The molecule has 0 bridgehead atoms. The molecule has 0 aliphatic carbocycles. The minimum atomic E-state index is -4.16. The Balaban J connectivity index is 1.45. The number of nitrogen functional groups attached to an aromatic ring is 1. The number of sulfonamides is 1. The molecule has 3 heterocycles. The lowest BCUT2D eigenvalue weighted by Gasteiger charge is -2.27. The Hall–Kier alpha value is -2.70. The van der Waals surface area contributed by atoms with Gasteiger partial charge in [-0.15, -0.1) is 11.3 Å². The van der Waals surface area contributed by atoms with Gasteiger partial charge in [-0.05, 0) is 36.2 Å². The average molecular weight is 566 g/mol. The number of carbonyl (C=O) groups is 1. The van der Waals surface area contributed by atoms with E-state index >= 15 is 0 Å². The summed E-state index contributed by atoms with van der Waals surface area (Å²) in [4.78, 5) is 28.1. The number of benzene rings is 2. The molecule has 0 radical (unpaired) electrons. The molecule has 1 aliphatic rings. The number of nitrogens with one attached hydrogen (secondary N) is 2. The van der Waals surface area contributed by atoms with Crippen molar-refractivity contribution in [1.82, 2.24) is 24.6 Å². The van der Waals surface area contributed by atoms with Crippen molar-refractivity contribution in [3.63, 3.8) is 0 Å². The van der Waals surface area contributed by atoms with Gasteiger partial charge in [-0.3, -0.25) is 4.79 Å². The van der Waals surface area contributed by atoms with E-state index in [1.165, 1.54) is 12.1 Å². The average Bonchev–Trinajstić information content (AvgIpc) is 3.46. The lowest BCUT2D eigenvalue weighted by molar-refractivity contribution is -0.132. The Kier molecular flexibility index (Phi) is 6.92. The Morgan fingerprint density at radius 2 is 1.92 bits per heavy atom. The summed E-state index contributed by atoms with van der Waals surface area (Å²) in [5.41, 5.74) is 11.0. The Morgan fingerprint density at radius 1 is 1.17 bits per heavy atom. The number of nitrogens with zero attached hydrogens (tertiary/aromatic N) is 3. The van der Waals surface area contributed by atoms with Crippen molar-refractivity contribution in [3.8, 4) is 0 Å². The summed E-state index contributed by atoms with van der Waals surface area (Å²) >= 11 is 13.7. The van der Waals surface area contributed by atoms with E-state index in [9.17, 15) is 13.2 Å². The minimum Gasteiger partial charge on any atom is -0.396 e. The first-order valence-corrected chi connectivity index (χ1v) is 14.2. The quantitative estimate of drug-likeness (QED) is 0.307. The summed E-state index contributed by atoms with van der Waals surface area (Å²) in [6, 6.07) is 6.90. The highest BCUT2D eigenvalue weighted by molar-refractivity contribution is 7.89. The standard InChI is InChI=1S/C23H22Cl2N6O3S2/c24-15-9-14(10-16(25)22(15)26)36(33,34)30-20(8-13-1-2-17-19(7-13)28-11-27-17)23(32)31-5-3-18-21(4-6-31)35-12-29-18/h1-2,7,9-12,20,30H,3-6,8,26H2,(H,27,28). The number of aromatic amines is 1. The highest BCUT2D eigenvalue weighted by atomic mass is 35.5. The van der Waals surface area contributed by atoms with Crippen LogP contribution in [0.1, 0.15) is 16.1 Å². The van der Waals surface area contributed by atoms with Crippen LogP contribution in [0.5, 0.6) is 0 Å². The highest BCUT2D eigenvalue weighted by Crippen LogP contribution is 2.31. The zero-order chi connectivity index (χ0) is 25.4. The van der Waals surface area contributed by atoms with Gasteiger partial charge in [0, 0.05) is 30.8 Å². The molecule has 0 fully saturated rings. The van der Waals surface area contributed by atoms with Crippen molar-refractivity contribution in [2.45, 2.75) is 30.2 Å². The molecule has 2 aromatic carbocycles. The predicted octanol–water partition coefficient (Wildman–Crippen LogP) is 3.43. The van der Waals surface area contributed by atoms with Gasteiger partial charge in [0.25, 0.3) is 0 Å². The molecule has 2 aromatic heterocycles. The second-order valence-electron chi connectivity index (χ2n) is 8.48. The Labute approximate surface area is 221 Å². The highest BCUT2D eigenvalue weighted by Gasteiger charge is 2.31. The lowest BCUT2D eigenvalue weighted by atomic mass is 10.0. The number of nitrogens with two attached hydrogens (primary N) is 1. The van der Waals surface area contributed by atoms with Crippen molar-refractivity contribution in [2.75, 3.05) is 18.8 Å². The molecule has 0 saturated heterocycles. The van der Waals surface area contributed by atoms with Crippen LogP contribution in [0.3, 0.4) is 0 Å². The number of thiazole rings is 1. The van der Waals surface area contributed by atoms with E-state index in [4.69, 9.17) is 28.9 Å². The van der Waals surface area contributed by atoms with Crippen LogP contribution < -0.4 is 10.5 Å². The number of amides is 1. The fourth-order valence-electron chi connectivity index (χ4n) is 4.22. The van der Waals surface area contributed by atoms with Gasteiger partial charge >= 0.3 is 0 Å². The molecule has 9 nitrogen and oxygen atoms in total. The van der Waals surface area contributed by atoms with Gasteiger partial charge in [0.05, 0.1) is 49.2 Å². The maximum atomic E-state index is 13.7. The number of halogens is 2. The molecule has 1 atom stereocenters. The maximum absolute atomic E-state index is 13.7. The maximum Gasteiger partial charge on any atom is 0.241 e. The third kappa shape index (κ3) is 5.07. The first-order valence-electron chi connectivity index (χ1n) is 11.1. The van der Waals surface area contributed by atoms with Crippen LogP contribution in [-0.4, -0.2) is 53.3 Å². The molecule has 0 spiro atoms. The van der Waals surface area contributed by atoms with Crippen LogP contribution in [0, 0.1) is 0 Å². The van der Waals surface area contributed by atoms with Crippen LogP contribution in [0.15, 0.2) is 47.1 Å². The number of rotatable bonds is 6. The van der Waals surface area contributed by atoms with Gasteiger partial charge in [0.2, 0.25) is 15.9 Å². The molecular formula is C23H22Cl2N6O3S2. The Morgan fingerprint density at radius 3 is 2.69 bits per heavy atom. The molecule has 4 aromatic rings. The molecule has 1 amide bonds. The molecular weight excluding hydrogens is 543 g/mol. The second-order valence-corrected chi connectivity index (χ2v) is 11.9. The van der Waals surface area contributed by atoms with E-state index in [0.717, 1.165) is 27.2 Å². The molecule has 36 heavy (non-hydrogen) atoms. The summed E-state index contributed by atoms with van der Waals surface area (Å²) in [7, 11) is -4.16. The van der Waals surface area contributed by atoms with Crippen molar-refractivity contribution >= 4 is 67.2 Å². The van der Waals surface area contributed by atoms with Gasteiger partial charge in [-0.2, -0.15) is 4.72 Å². The van der Waals surface area contributed by atoms with Crippen LogP contribution >= 0.6 is 34.5 Å². The topological polar surface area (TPSA) is 134 Å². The third-order valence-electron chi connectivity index (χ3n) is 6.15. The number of aromatic nitrogens is 3. The summed E-state index contributed by atoms with van der Waals surface area (Å²) < 4.78 is 29.3. The number of carbonyl (C=O) groups excluding carboxylic acids is 1. The molecule has 4 N–H and O–H groups in total. The monoisotopic (exact) mass is 564 g/mol. The minimum absolute atomic E-state index is 0.0147. The number of imidazole rings is 1. The zero-order valence-corrected chi connectivity index (χ0v) is 22.0. The molecule has 0 saturated carbocycles. The van der Waals surface area contributed by atoms with Crippen molar-refractivity contribution in [1.29, 1.82) is 0 Å². The SMILES string of the molecule is Nc1c(Cl)cc(S(=O)(=O)NC(Cc2ccc3[nH]cnc3c2)C(=O)N2CCc3ncsc3CC2)cc1Cl. The molecule has 1 unspecified atom stereocenters. The van der Waals surface area contributed by atoms with E-state index < -0.39 is 16.1 Å². The normalized spacial score (nSPS) is 15.0. The fraction of sp³-hybridized carbons (Fsp3) is 0.261. The zero-order valence-electron chi connectivity index (χ0n) is 18.9. The molecule has 1 aliphatic heterocycles. The van der Waals surface area contributed by atoms with E-state index in [0.29, 0.717) is 25.9 Å². The Bertz CT molecular complexity index is 1510. The summed E-state index contributed by atoms with van der Waals surface area (Å²) in [6.07, 6.45) is 3.01. The van der Waals surface area contributed by atoms with Crippen LogP contribution in [-0.2, 0) is 34.1 Å². The van der Waals surface area contributed by atoms with E-state index in [-0.39, 0.29) is 33.0 Å². The first-order chi connectivity index (χ1) is 17.2. The van der Waals surface area contributed by atoms with Crippen molar-refractivity contribution < 1.29 is 13.2 Å². The van der Waals surface area contributed by atoms with Gasteiger partial charge in [-0.25, -0.2) is 18.4 Å². The van der Waals surface area contributed by atoms with Crippen LogP contribution in [0.25, 0.3) is 11.0 Å². The smallest absolute Gasteiger partial charge is 0.241 e. The van der Waals surface area contributed by atoms with Crippen LogP contribution in [0.2, 0.25) is 10.0 Å². The number of fused-ring (bicyclic) bond motifs is 2. The predicted molar refractivity (Wildman–Crippen MR) is 141 cm³/mol. The molecule has 188 valence electrons. The fourth-order valence-corrected chi connectivity index (χ4v) is 6.89. The number of hydrogen-bond donors (Lipinski definition) is 3. The van der Waals surface area contributed by atoms with Crippen molar-refractivity contribution in [3.05, 3.63) is 68.3 Å². The van der Waals surface area contributed by atoms with Crippen LogP contribution in [0.4, 0.5) is 5.69 Å². The van der Waals surface area contributed by atoms with Gasteiger partial charge in [0.15, 0.2) is 0 Å². The van der Waals surface area contributed by atoms with Gasteiger partial charge < -0.3 is 15.6 Å². The summed E-state index contributed by atoms with van der Waals surface area (Å²) in [6.45, 7) is 0.926. The third-order valence-corrected chi connectivity index (χ3v) is 9.16. The van der Waals surface area contributed by atoms with E-state index in [1.807, 2.05) is 23.7 Å². The van der Waals surface area contributed by atoms with Gasteiger partial charge in [0.1, 0.15) is 6.04 Å². The second kappa shape index (κ2) is 9.98. The van der Waals surface area contributed by atoms with E-state index in [1.54, 1.807) is 22.6 Å². The van der Waals surface area contributed by atoms with E-state index in [2.05, 4.69) is 19.7 Å². The molecule has 13 heteroatoms. The number of hydrogen-bond acceptors (Lipinski definition) is 7. The summed E-state index contributed by atoms with van der Waals surface area (Å²) in [5.74, 6) is -0.316. The summed E-state index contributed by atoms with van der Waals surface area (Å²) in [5, 5.41) is 0.0294. The number of H-pyrrole nitrogens is 1. The molecule has 5 rings (SSSR count). The van der Waals surface area contributed by atoms with Crippen molar-refractivity contribution in [2.24, 2.45) is 0 Å². The largest absolute Gasteiger partial charge is 0.396 e. The number of anilines is 1.